The fourth-order valence-electron chi connectivity index (χ4n) is 3.08. The highest BCUT2D eigenvalue weighted by atomic mass is 15.3. The molecule has 3 N–H and O–H groups in total. The van der Waals surface area contributed by atoms with Crippen LogP contribution in [0.3, 0.4) is 0 Å². The van der Waals surface area contributed by atoms with Gasteiger partial charge in [-0.1, -0.05) is 6.07 Å². The first-order valence-electron chi connectivity index (χ1n) is 6.65. The van der Waals surface area contributed by atoms with Gasteiger partial charge >= 0.3 is 0 Å². The molecule has 1 aromatic carbocycles. The zero-order valence-electron chi connectivity index (χ0n) is 10.9. The maximum atomic E-state index is 6.06. The zero-order chi connectivity index (χ0) is 13.0. The van der Waals surface area contributed by atoms with Crippen LogP contribution in [0.15, 0.2) is 24.4 Å². The Morgan fingerprint density at radius 2 is 2.21 bits per heavy atom. The first-order chi connectivity index (χ1) is 9.24. The van der Waals surface area contributed by atoms with Crippen LogP contribution in [0.25, 0.3) is 22.0 Å². The van der Waals surface area contributed by atoms with Gasteiger partial charge in [0, 0.05) is 29.2 Å². The number of rotatable bonds is 1. The topological polar surface area (TPSA) is 59.6 Å². The van der Waals surface area contributed by atoms with Crippen LogP contribution in [0.5, 0.6) is 0 Å². The molecule has 0 amide bonds. The van der Waals surface area contributed by atoms with E-state index in [4.69, 9.17) is 5.73 Å². The van der Waals surface area contributed by atoms with Crippen LogP contribution in [0.1, 0.15) is 17.7 Å². The van der Waals surface area contributed by atoms with E-state index in [9.17, 15) is 0 Å². The molecule has 96 valence electrons. The molecule has 0 radical (unpaired) electrons. The summed E-state index contributed by atoms with van der Waals surface area (Å²) >= 11 is 0. The van der Waals surface area contributed by atoms with Crippen LogP contribution in [0.4, 0.5) is 5.82 Å². The van der Waals surface area contributed by atoms with Gasteiger partial charge in [0.1, 0.15) is 5.82 Å². The lowest BCUT2D eigenvalue weighted by Crippen LogP contribution is -1.97. The highest BCUT2D eigenvalue weighted by molar-refractivity contribution is 5.90. The highest BCUT2D eigenvalue weighted by Crippen LogP contribution is 2.34. The number of aryl methyl sites for hydroxylation is 3. The molecule has 19 heavy (non-hydrogen) atoms. The van der Waals surface area contributed by atoms with E-state index in [1.807, 2.05) is 13.2 Å². The summed E-state index contributed by atoms with van der Waals surface area (Å²) in [5, 5.41) is 5.56. The molecule has 1 aliphatic carbocycles. The Balaban J connectivity index is 1.94. The Bertz CT molecular complexity index is 779. The lowest BCUT2D eigenvalue weighted by Gasteiger charge is -2.02. The number of nitrogen functional groups attached to an aromatic ring is 1. The van der Waals surface area contributed by atoms with E-state index in [0.29, 0.717) is 5.82 Å². The Hall–Kier alpha value is -2.23. The summed E-state index contributed by atoms with van der Waals surface area (Å²) in [6.07, 6.45) is 5.45. The number of nitrogens with zero attached hydrogens (tertiary/aromatic N) is 2. The van der Waals surface area contributed by atoms with Crippen molar-refractivity contribution in [3.63, 3.8) is 0 Å². The summed E-state index contributed by atoms with van der Waals surface area (Å²) in [6.45, 7) is 0. The monoisotopic (exact) mass is 252 g/mol. The lowest BCUT2D eigenvalue weighted by atomic mass is 10.0. The summed E-state index contributed by atoms with van der Waals surface area (Å²) in [6, 6.07) is 6.50. The molecule has 0 fully saturated rings. The maximum Gasteiger partial charge on any atom is 0.129 e. The minimum Gasteiger partial charge on any atom is -0.383 e. The van der Waals surface area contributed by atoms with Crippen molar-refractivity contribution in [3.05, 3.63) is 35.7 Å². The Morgan fingerprint density at radius 1 is 1.32 bits per heavy atom. The van der Waals surface area contributed by atoms with Crippen LogP contribution < -0.4 is 5.73 Å². The largest absolute Gasteiger partial charge is 0.383 e. The zero-order valence-corrected chi connectivity index (χ0v) is 10.9. The van der Waals surface area contributed by atoms with Crippen LogP contribution in [-0.2, 0) is 19.9 Å². The van der Waals surface area contributed by atoms with Gasteiger partial charge in [-0.3, -0.25) is 4.68 Å². The summed E-state index contributed by atoms with van der Waals surface area (Å²) < 4.78 is 1.71. The van der Waals surface area contributed by atoms with Crippen molar-refractivity contribution in [2.75, 3.05) is 5.73 Å². The molecular formula is C15H16N4. The van der Waals surface area contributed by atoms with Gasteiger partial charge in [-0.25, -0.2) is 0 Å². The Kier molecular flexibility index (Phi) is 2.04. The third-order valence-corrected chi connectivity index (χ3v) is 4.14. The van der Waals surface area contributed by atoms with E-state index < -0.39 is 0 Å². The summed E-state index contributed by atoms with van der Waals surface area (Å²) in [7, 11) is 1.87. The van der Waals surface area contributed by atoms with Crippen molar-refractivity contribution in [2.45, 2.75) is 19.3 Å². The Labute approximate surface area is 111 Å². The van der Waals surface area contributed by atoms with Gasteiger partial charge in [0.05, 0.1) is 6.20 Å². The number of H-pyrrole nitrogens is 1. The van der Waals surface area contributed by atoms with Gasteiger partial charge in [0.2, 0.25) is 0 Å². The van der Waals surface area contributed by atoms with Crippen molar-refractivity contribution in [2.24, 2.45) is 7.05 Å². The van der Waals surface area contributed by atoms with E-state index >= 15 is 0 Å². The van der Waals surface area contributed by atoms with Crippen LogP contribution in [0.2, 0.25) is 0 Å². The number of aromatic amines is 1. The van der Waals surface area contributed by atoms with Gasteiger partial charge in [-0.05, 0) is 42.5 Å². The van der Waals surface area contributed by atoms with Crippen LogP contribution >= 0.6 is 0 Å². The van der Waals surface area contributed by atoms with Gasteiger partial charge in [-0.2, -0.15) is 5.10 Å². The average Bonchev–Trinajstić information content (AvgIpc) is 3.06. The molecule has 0 unspecified atom stereocenters. The molecule has 3 aromatic rings. The quantitative estimate of drug-likeness (QED) is 0.699. The lowest BCUT2D eigenvalue weighted by molar-refractivity contribution is 0.779. The second-order valence-electron chi connectivity index (χ2n) is 5.26. The smallest absolute Gasteiger partial charge is 0.129 e. The van der Waals surface area contributed by atoms with E-state index in [-0.39, 0.29) is 0 Å². The molecule has 0 saturated carbocycles. The number of nitrogens with one attached hydrogen (secondary N) is 1. The molecule has 0 aliphatic heterocycles. The molecule has 4 rings (SSSR count). The SMILES string of the molecule is Cn1ncc(-c2ccc3[nH]c4c(c3c2)CCC4)c1N. The molecule has 2 aromatic heterocycles. The first-order valence-corrected chi connectivity index (χ1v) is 6.65. The standard InChI is InChI=1S/C15H16N4/c1-19-15(16)12(8-17-19)9-5-6-14-11(7-9)10-3-2-4-13(10)18-14/h5-8,18H,2-4,16H2,1H3. The minimum absolute atomic E-state index is 0.714. The van der Waals surface area contributed by atoms with Gasteiger partial charge < -0.3 is 10.7 Å². The molecule has 0 bridgehead atoms. The first kappa shape index (κ1) is 10.7. The van der Waals surface area contributed by atoms with Crippen molar-refractivity contribution >= 4 is 16.7 Å². The highest BCUT2D eigenvalue weighted by Gasteiger charge is 2.17. The summed E-state index contributed by atoms with van der Waals surface area (Å²) in [5.41, 5.74) is 12.3. The number of aromatic nitrogens is 3. The summed E-state index contributed by atoms with van der Waals surface area (Å²) in [5.74, 6) is 0.714. The fourth-order valence-corrected chi connectivity index (χ4v) is 3.08. The molecule has 0 saturated heterocycles. The average molecular weight is 252 g/mol. The number of hydrogen-bond donors (Lipinski definition) is 2. The van der Waals surface area contributed by atoms with E-state index in [0.717, 1.165) is 11.1 Å². The third-order valence-electron chi connectivity index (χ3n) is 4.14. The van der Waals surface area contributed by atoms with Crippen LogP contribution in [-0.4, -0.2) is 14.8 Å². The summed E-state index contributed by atoms with van der Waals surface area (Å²) in [4.78, 5) is 3.52. The molecule has 4 nitrogen and oxygen atoms in total. The molecule has 0 atom stereocenters. The number of hydrogen-bond acceptors (Lipinski definition) is 2. The molecule has 4 heteroatoms. The second-order valence-corrected chi connectivity index (χ2v) is 5.26. The van der Waals surface area contributed by atoms with E-state index in [1.165, 1.54) is 41.4 Å². The van der Waals surface area contributed by atoms with Crippen molar-refractivity contribution in [1.29, 1.82) is 0 Å². The minimum atomic E-state index is 0.714. The normalized spacial score (nSPS) is 14.2. The van der Waals surface area contributed by atoms with Crippen LogP contribution in [0, 0.1) is 0 Å². The van der Waals surface area contributed by atoms with Gasteiger partial charge in [-0.15, -0.1) is 0 Å². The van der Waals surface area contributed by atoms with Gasteiger partial charge in [0.15, 0.2) is 0 Å². The molecule has 0 spiro atoms. The van der Waals surface area contributed by atoms with Crippen molar-refractivity contribution in [3.8, 4) is 11.1 Å². The molecular weight excluding hydrogens is 236 g/mol. The predicted molar refractivity (Wildman–Crippen MR) is 76.9 cm³/mol. The number of anilines is 1. The van der Waals surface area contributed by atoms with E-state index in [2.05, 4.69) is 28.3 Å². The predicted octanol–water partition coefficient (Wildman–Crippen LogP) is 2.64. The van der Waals surface area contributed by atoms with E-state index in [1.54, 1.807) is 4.68 Å². The second kappa shape index (κ2) is 3.63. The van der Waals surface area contributed by atoms with Crippen molar-refractivity contribution < 1.29 is 0 Å². The third kappa shape index (κ3) is 1.43. The fraction of sp³-hybridized carbons (Fsp3) is 0.267. The molecule has 2 heterocycles. The molecule has 1 aliphatic rings. The van der Waals surface area contributed by atoms with Gasteiger partial charge in [0.25, 0.3) is 0 Å². The van der Waals surface area contributed by atoms with Crippen molar-refractivity contribution in [1.82, 2.24) is 14.8 Å². The number of fused-ring (bicyclic) bond motifs is 3. The number of nitrogens with two attached hydrogens (primary N) is 1. The Morgan fingerprint density at radius 3 is 3.00 bits per heavy atom. The maximum absolute atomic E-state index is 6.06. The number of benzene rings is 1.